The number of allylic oxidation sites excluding steroid dienone is 1. The molecule has 78 valence electrons. The van der Waals surface area contributed by atoms with Gasteiger partial charge in [-0.05, 0) is 28.6 Å². The third-order valence-electron chi connectivity index (χ3n) is 1.64. The van der Waals surface area contributed by atoms with Crippen molar-refractivity contribution >= 4 is 40.2 Å². The minimum atomic E-state index is -0.466. The van der Waals surface area contributed by atoms with Crippen LogP contribution in [-0.4, -0.2) is 0 Å². The van der Waals surface area contributed by atoms with Crippen molar-refractivity contribution in [3.63, 3.8) is 0 Å². The van der Waals surface area contributed by atoms with Crippen LogP contribution in [0.5, 0.6) is 0 Å². The van der Waals surface area contributed by atoms with E-state index in [-0.39, 0.29) is 10.3 Å². The van der Waals surface area contributed by atoms with Crippen molar-refractivity contribution in [3.05, 3.63) is 49.0 Å². The van der Waals surface area contributed by atoms with Crippen LogP contribution in [0, 0.1) is 10.7 Å². The minimum Gasteiger partial charge on any atom is -0.206 e. The fourth-order valence-corrected chi connectivity index (χ4v) is 1.65. The van der Waals surface area contributed by atoms with E-state index in [4.69, 9.17) is 11.6 Å². The summed E-state index contributed by atoms with van der Waals surface area (Å²) in [5.74, 6) is -0.466. The van der Waals surface area contributed by atoms with Gasteiger partial charge in [-0.15, -0.1) is 4.91 Å². The Bertz CT molecular complexity index is 527. The van der Waals surface area contributed by atoms with Crippen LogP contribution in [0.4, 0.5) is 4.39 Å². The lowest BCUT2D eigenvalue weighted by Crippen LogP contribution is -2.26. The van der Waals surface area contributed by atoms with Crippen LogP contribution >= 0.6 is 27.5 Å². The summed E-state index contributed by atoms with van der Waals surface area (Å²) in [6, 6.07) is 2.94. The molecule has 0 saturated heterocycles. The van der Waals surface area contributed by atoms with E-state index in [1.54, 1.807) is 6.07 Å². The lowest BCUT2D eigenvalue weighted by molar-refractivity contribution is 0.616. The van der Waals surface area contributed by atoms with Gasteiger partial charge in [0.15, 0.2) is 0 Å². The molecule has 0 N–H and O–H groups in total. The van der Waals surface area contributed by atoms with E-state index in [0.717, 1.165) is 6.20 Å². The molecular formula is C10H6BrClFNO. The normalized spacial score (nSPS) is 13.0. The Morgan fingerprint density at radius 2 is 2.27 bits per heavy atom. The second kappa shape index (κ2) is 5.19. The first-order valence-electron chi connectivity index (χ1n) is 3.88. The maximum absolute atomic E-state index is 13.4. The lowest BCUT2D eigenvalue weighted by Gasteiger charge is -1.94. The van der Waals surface area contributed by atoms with Crippen LogP contribution in [0.2, 0.25) is 0 Å². The molecule has 0 atom stereocenters. The zero-order valence-electron chi connectivity index (χ0n) is 7.51. The maximum atomic E-state index is 13.4. The van der Waals surface area contributed by atoms with E-state index in [1.807, 2.05) is 0 Å². The van der Waals surface area contributed by atoms with Gasteiger partial charge in [0.25, 0.3) is 0 Å². The summed E-state index contributed by atoms with van der Waals surface area (Å²) >= 11 is 8.74. The number of nitrogens with zero attached hydrogens (tertiary/aromatic N) is 1. The predicted molar refractivity (Wildman–Crippen MR) is 63.1 cm³/mol. The van der Waals surface area contributed by atoms with Crippen LogP contribution < -0.4 is 10.4 Å². The number of nitroso groups, excluding NO2 is 1. The van der Waals surface area contributed by atoms with Crippen LogP contribution in [0.15, 0.2) is 33.0 Å². The molecule has 0 aliphatic rings. The summed E-state index contributed by atoms with van der Waals surface area (Å²) in [4.78, 5) is 9.88. The number of benzene rings is 1. The van der Waals surface area contributed by atoms with Gasteiger partial charge < -0.3 is 0 Å². The molecule has 0 aliphatic heterocycles. The second-order valence-corrected chi connectivity index (χ2v) is 4.08. The Morgan fingerprint density at radius 1 is 1.60 bits per heavy atom. The summed E-state index contributed by atoms with van der Waals surface area (Å²) in [5.41, 5.74) is 0. The molecule has 0 heterocycles. The molecule has 0 saturated carbocycles. The largest absolute Gasteiger partial charge is 0.206 e. The molecule has 0 fully saturated rings. The van der Waals surface area contributed by atoms with E-state index in [2.05, 4.69) is 27.7 Å². The van der Waals surface area contributed by atoms with Crippen molar-refractivity contribution in [2.45, 2.75) is 0 Å². The summed E-state index contributed by atoms with van der Waals surface area (Å²) in [5, 5.41) is 3.24. The Morgan fingerprint density at radius 3 is 2.80 bits per heavy atom. The first kappa shape index (κ1) is 12.1. The fourth-order valence-electron chi connectivity index (χ4n) is 1.03. The van der Waals surface area contributed by atoms with Crippen molar-refractivity contribution in [1.82, 2.24) is 0 Å². The molecule has 0 aromatic heterocycles. The van der Waals surface area contributed by atoms with E-state index in [9.17, 15) is 9.30 Å². The molecule has 0 unspecified atom stereocenters. The van der Waals surface area contributed by atoms with Crippen molar-refractivity contribution in [3.8, 4) is 0 Å². The topological polar surface area (TPSA) is 29.4 Å². The molecule has 1 aromatic rings. The highest BCUT2D eigenvalue weighted by molar-refractivity contribution is 9.10. The zero-order chi connectivity index (χ0) is 11.4. The maximum Gasteiger partial charge on any atom is 0.132 e. The fraction of sp³-hybridized carbons (Fsp3) is 0. The van der Waals surface area contributed by atoms with Crippen molar-refractivity contribution in [2.75, 3.05) is 0 Å². The SMILES string of the molecule is C=c1cc(Br)cc(F)/c1=C/C(Cl)=C\N=O. The molecule has 1 rings (SSSR count). The second-order valence-electron chi connectivity index (χ2n) is 2.72. The molecule has 0 aliphatic carbocycles. The minimum absolute atomic E-state index is 0.0520. The Hall–Kier alpha value is -1.00. The number of hydrogen-bond acceptors (Lipinski definition) is 2. The molecule has 0 spiro atoms. The van der Waals surface area contributed by atoms with E-state index < -0.39 is 5.82 Å². The van der Waals surface area contributed by atoms with Gasteiger partial charge in [-0.2, -0.15) is 0 Å². The van der Waals surface area contributed by atoms with Gasteiger partial charge >= 0.3 is 0 Å². The average Bonchev–Trinajstić information content (AvgIpc) is 2.11. The summed E-state index contributed by atoms with van der Waals surface area (Å²) in [6.07, 6.45) is 2.19. The first-order valence-corrected chi connectivity index (χ1v) is 5.05. The third-order valence-corrected chi connectivity index (χ3v) is 2.30. The molecule has 5 heteroatoms. The van der Waals surface area contributed by atoms with E-state index >= 15 is 0 Å². The molecular weight excluding hydrogens is 284 g/mol. The van der Waals surface area contributed by atoms with E-state index in [1.165, 1.54) is 12.1 Å². The quantitative estimate of drug-likeness (QED) is 0.770. The van der Waals surface area contributed by atoms with Crippen molar-refractivity contribution in [2.24, 2.45) is 5.18 Å². The summed E-state index contributed by atoms with van der Waals surface area (Å²) in [7, 11) is 0. The molecule has 0 bridgehead atoms. The smallest absolute Gasteiger partial charge is 0.132 e. The van der Waals surface area contributed by atoms with E-state index in [0.29, 0.717) is 9.69 Å². The van der Waals surface area contributed by atoms with Gasteiger partial charge in [0.2, 0.25) is 0 Å². The van der Waals surface area contributed by atoms with Crippen LogP contribution in [0.1, 0.15) is 0 Å². The predicted octanol–water partition coefficient (Wildman–Crippen LogP) is 2.63. The lowest BCUT2D eigenvalue weighted by atomic mass is 10.2. The van der Waals surface area contributed by atoms with Gasteiger partial charge in [0, 0.05) is 9.69 Å². The summed E-state index contributed by atoms with van der Waals surface area (Å²) in [6.45, 7) is 3.66. The van der Waals surface area contributed by atoms with Crippen LogP contribution in [0.25, 0.3) is 12.7 Å². The molecule has 0 amide bonds. The van der Waals surface area contributed by atoms with Crippen molar-refractivity contribution in [1.29, 1.82) is 0 Å². The number of hydrogen-bond donors (Lipinski definition) is 0. The first-order chi connectivity index (χ1) is 7.04. The number of halogens is 3. The molecule has 1 aromatic carbocycles. The monoisotopic (exact) mass is 289 g/mol. The zero-order valence-corrected chi connectivity index (χ0v) is 9.85. The number of rotatable bonds is 2. The Balaban J connectivity index is 3.45. The highest BCUT2D eigenvalue weighted by atomic mass is 79.9. The van der Waals surface area contributed by atoms with Crippen LogP contribution in [0.3, 0.4) is 0 Å². The van der Waals surface area contributed by atoms with Crippen molar-refractivity contribution < 1.29 is 4.39 Å². The third kappa shape index (κ3) is 3.25. The van der Waals surface area contributed by atoms with Gasteiger partial charge in [0.1, 0.15) is 5.82 Å². The highest BCUT2D eigenvalue weighted by Gasteiger charge is 1.98. The Labute approximate surface area is 98.9 Å². The Kier molecular flexibility index (Phi) is 4.17. The van der Waals surface area contributed by atoms with Crippen LogP contribution in [-0.2, 0) is 0 Å². The van der Waals surface area contributed by atoms with Gasteiger partial charge in [0.05, 0.1) is 11.2 Å². The van der Waals surface area contributed by atoms with Gasteiger partial charge in [-0.25, -0.2) is 4.39 Å². The molecule has 0 radical (unpaired) electrons. The highest BCUT2D eigenvalue weighted by Crippen LogP contribution is 2.06. The summed E-state index contributed by atoms with van der Waals surface area (Å²) < 4.78 is 14.0. The molecule has 15 heavy (non-hydrogen) atoms. The molecule has 2 nitrogen and oxygen atoms in total. The van der Waals surface area contributed by atoms with Gasteiger partial charge in [-0.3, -0.25) is 0 Å². The average molecular weight is 291 g/mol. The van der Waals surface area contributed by atoms with Gasteiger partial charge in [-0.1, -0.05) is 34.1 Å². The standard InChI is InChI=1S/C10H6BrClFNO/c1-6-2-7(11)3-10(13)9(6)4-8(12)5-14-15/h2-5H,1H2/b8-5+,9-4+.